The van der Waals surface area contributed by atoms with Crippen molar-refractivity contribution in [3.8, 4) is 11.8 Å². The zero-order chi connectivity index (χ0) is 14.0. The van der Waals surface area contributed by atoms with Crippen molar-refractivity contribution in [2.24, 2.45) is 0 Å². The fourth-order valence-electron chi connectivity index (χ4n) is 2.43. The van der Waals surface area contributed by atoms with Gasteiger partial charge in [0.05, 0.1) is 11.8 Å². The van der Waals surface area contributed by atoms with Crippen LogP contribution in [-0.4, -0.2) is 18.1 Å². The maximum absolute atomic E-state index is 12.6. The molecule has 2 N–H and O–H groups in total. The van der Waals surface area contributed by atoms with Gasteiger partial charge >= 0.3 is 0 Å². The Kier molecular flexibility index (Phi) is 3.34. The number of anilines is 2. The van der Waals surface area contributed by atoms with Gasteiger partial charge in [-0.15, -0.1) is 0 Å². The van der Waals surface area contributed by atoms with Gasteiger partial charge in [-0.05, 0) is 25.0 Å². The fraction of sp³-hybridized carbons (Fsp3) is 0.429. The Morgan fingerprint density at radius 1 is 1.42 bits per heavy atom. The van der Waals surface area contributed by atoms with Crippen molar-refractivity contribution in [3.63, 3.8) is 0 Å². The lowest BCUT2D eigenvalue weighted by atomic mass is 9.92. The maximum Gasteiger partial charge on any atom is 0.272 e. The van der Waals surface area contributed by atoms with Crippen LogP contribution in [-0.2, 0) is 4.79 Å². The first-order valence-corrected chi connectivity index (χ1v) is 6.36. The molecule has 0 atom stereocenters. The Morgan fingerprint density at radius 2 is 2.11 bits per heavy atom. The van der Waals surface area contributed by atoms with Crippen molar-refractivity contribution in [2.45, 2.75) is 32.3 Å². The molecule has 0 bridgehead atoms. The summed E-state index contributed by atoms with van der Waals surface area (Å²) in [7, 11) is 0. The van der Waals surface area contributed by atoms with E-state index < -0.39 is 5.60 Å². The average molecular weight is 259 g/mol. The molecule has 19 heavy (non-hydrogen) atoms. The van der Waals surface area contributed by atoms with E-state index in [-0.39, 0.29) is 12.5 Å². The summed E-state index contributed by atoms with van der Waals surface area (Å²) < 4.78 is 5.91. The second-order valence-corrected chi connectivity index (χ2v) is 4.55. The SMILES string of the molecule is CCC1(CC)Oc2cccc(N)c2N(CC#N)C1=O. The van der Waals surface area contributed by atoms with Crippen molar-refractivity contribution in [1.82, 2.24) is 0 Å². The predicted molar refractivity (Wildman–Crippen MR) is 72.8 cm³/mol. The molecule has 1 aromatic carbocycles. The Balaban J connectivity index is 2.60. The van der Waals surface area contributed by atoms with Crippen LogP contribution in [0.1, 0.15) is 26.7 Å². The van der Waals surface area contributed by atoms with Gasteiger partial charge < -0.3 is 10.5 Å². The summed E-state index contributed by atoms with van der Waals surface area (Å²) in [6.07, 6.45) is 1.11. The van der Waals surface area contributed by atoms with Crippen LogP contribution >= 0.6 is 0 Å². The van der Waals surface area contributed by atoms with Gasteiger partial charge in [-0.1, -0.05) is 19.9 Å². The van der Waals surface area contributed by atoms with Gasteiger partial charge in [-0.2, -0.15) is 5.26 Å². The molecule has 0 aromatic heterocycles. The number of carbonyl (C=O) groups is 1. The smallest absolute Gasteiger partial charge is 0.272 e. The summed E-state index contributed by atoms with van der Waals surface area (Å²) in [5.41, 5.74) is 5.97. The molecular weight excluding hydrogens is 242 g/mol. The van der Waals surface area contributed by atoms with E-state index >= 15 is 0 Å². The van der Waals surface area contributed by atoms with Crippen LogP contribution in [0.25, 0.3) is 0 Å². The molecule has 5 heteroatoms. The summed E-state index contributed by atoms with van der Waals surface area (Å²) >= 11 is 0. The van der Waals surface area contributed by atoms with Gasteiger partial charge in [0.1, 0.15) is 18.0 Å². The lowest BCUT2D eigenvalue weighted by molar-refractivity contribution is -0.136. The number of amides is 1. The summed E-state index contributed by atoms with van der Waals surface area (Å²) in [6.45, 7) is 3.79. The minimum absolute atomic E-state index is 0.0227. The molecule has 0 spiro atoms. The number of benzene rings is 1. The van der Waals surface area contributed by atoms with Crippen molar-refractivity contribution in [3.05, 3.63) is 18.2 Å². The van der Waals surface area contributed by atoms with Crippen molar-refractivity contribution >= 4 is 17.3 Å². The molecule has 0 aliphatic carbocycles. The molecule has 1 amide bonds. The highest BCUT2D eigenvalue weighted by Gasteiger charge is 2.46. The van der Waals surface area contributed by atoms with Crippen LogP contribution < -0.4 is 15.4 Å². The summed E-state index contributed by atoms with van der Waals surface area (Å²) in [6, 6.07) is 7.28. The first-order valence-electron chi connectivity index (χ1n) is 6.36. The van der Waals surface area contributed by atoms with Crippen molar-refractivity contribution < 1.29 is 9.53 Å². The van der Waals surface area contributed by atoms with Gasteiger partial charge in [-0.3, -0.25) is 9.69 Å². The van der Waals surface area contributed by atoms with Crippen LogP contribution in [0.2, 0.25) is 0 Å². The molecule has 1 aromatic rings. The van der Waals surface area contributed by atoms with E-state index in [2.05, 4.69) is 0 Å². The third kappa shape index (κ3) is 1.89. The number of nitrogen functional groups attached to an aromatic ring is 1. The highest BCUT2D eigenvalue weighted by molar-refractivity contribution is 6.05. The number of nitrogens with zero attached hydrogens (tertiary/aromatic N) is 2. The van der Waals surface area contributed by atoms with Gasteiger partial charge in [0.2, 0.25) is 0 Å². The van der Waals surface area contributed by atoms with E-state index in [9.17, 15) is 4.79 Å². The molecule has 1 heterocycles. The lowest BCUT2D eigenvalue weighted by Crippen LogP contribution is -2.55. The van der Waals surface area contributed by atoms with Crippen LogP contribution in [0.4, 0.5) is 11.4 Å². The van der Waals surface area contributed by atoms with Gasteiger partial charge in [-0.25, -0.2) is 0 Å². The Bertz CT molecular complexity index is 544. The number of nitrogens with two attached hydrogens (primary N) is 1. The van der Waals surface area contributed by atoms with Crippen molar-refractivity contribution in [1.29, 1.82) is 5.26 Å². The monoisotopic (exact) mass is 259 g/mol. The van der Waals surface area contributed by atoms with Crippen LogP contribution in [0, 0.1) is 11.3 Å². The van der Waals surface area contributed by atoms with Gasteiger partial charge in [0.25, 0.3) is 5.91 Å². The summed E-state index contributed by atoms with van der Waals surface area (Å²) in [5.74, 6) is 0.378. The standard InChI is InChI=1S/C14H17N3O2/c1-3-14(4-2)13(18)17(9-8-15)12-10(16)6-5-7-11(12)19-14/h5-7H,3-4,9,16H2,1-2H3. The van der Waals surface area contributed by atoms with Gasteiger partial charge in [0, 0.05) is 0 Å². The molecule has 1 aliphatic heterocycles. The summed E-state index contributed by atoms with van der Waals surface area (Å²) in [5, 5.41) is 8.94. The van der Waals surface area contributed by atoms with Gasteiger partial charge in [0.15, 0.2) is 5.60 Å². The van der Waals surface area contributed by atoms with E-state index in [1.165, 1.54) is 4.90 Å². The number of para-hydroxylation sites is 1. The zero-order valence-electron chi connectivity index (χ0n) is 11.1. The minimum atomic E-state index is -0.891. The summed E-state index contributed by atoms with van der Waals surface area (Å²) in [4.78, 5) is 14.0. The largest absolute Gasteiger partial charge is 0.475 e. The lowest BCUT2D eigenvalue weighted by Gasteiger charge is -2.41. The highest BCUT2D eigenvalue weighted by atomic mass is 16.5. The topological polar surface area (TPSA) is 79.3 Å². The molecule has 0 fully saturated rings. The van der Waals surface area contributed by atoms with Crippen LogP contribution in [0.15, 0.2) is 18.2 Å². The molecule has 2 rings (SSSR count). The number of carbonyl (C=O) groups excluding carboxylic acids is 1. The number of ether oxygens (including phenoxy) is 1. The van der Waals surface area contributed by atoms with Crippen LogP contribution in [0.3, 0.4) is 0 Å². The van der Waals surface area contributed by atoms with E-state index in [0.717, 1.165) is 0 Å². The highest BCUT2D eigenvalue weighted by Crippen LogP contribution is 2.43. The molecule has 0 saturated heterocycles. The maximum atomic E-state index is 12.6. The number of hydrogen-bond donors (Lipinski definition) is 1. The predicted octanol–water partition coefficient (Wildman–Crippen LogP) is 2.08. The average Bonchev–Trinajstić information content (AvgIpc) is 2.42. The first-order chi connectivity index (χ1) is 9.09. The van der Waals surface area contributed by atoms with E-state index in [0.29, 0.717) is 30.0 Å². The van der Waals surface area contributed by atoms with E-state index in [1.54, 1.807) is 18.2 Å². The third-order valence-corrected chi connectivity index (χ3v) is 3.61. The Labute approximate surface area is 112 Å². The van der Waals surface area contributed by atoms with Crippen LogP contribution in [0.5, 0.6) is 5.75 Å². The first kappa shape index (κ1) is 13.2. The molecular formula is C14H17N3O2. The van der Waals surface area contributed by atoms with Crippen molar-refractivity contribution in [2.75, 3.05) is 17.2 Å². The molecule has 0 saturated carbocycles. The Morgan fingerprint density at radius 3 is 2.68 bits per heavy atom. The third-order valence-electron chi connectivity index (χ3n) is 3.61. The molecule has 1 aliphatic rings. The number of hydrogen-bond acceptors (Lipinski definition) is 4. The second-order valence-electron chi connectivity index (χ2n) is 4.55. The molecule has 0 unspecified atom stereocenters. The number of fused-ring (bicyclic) bond motifs is 1. The molecule has 100 valence electrons. The quantitative estimate of drug-likeness (QED) is 0.665. The normalized spacial score (nSPS) is 16.5. The fourth-order valence-corrected chi connectivity index (χ4v) is 2.43. The molecule has 5 nitrogen and oxygen atoms in total. The number of nitriles is 1. The second kappa shape index (κ2) is 4.81. The minimum Gasteiger partial charge on any atom is -0.475 e. The zero-order valence-corrected chi connectivity index (χ0v) is 11.1. The van der Waals surface area contributed by atoms with E-state index in [4.69, 9.17) is 15.7 Å². The molecule has 0 radical (unpaired) electrons. The van der Waals surface area contributed by atoms with E-state index in [1.807, 2.05) is 19.9 Å². The Hall–Kier alpha value is -2.22. The number of rotatable bonds is 3.